The quantitative estimate of drug-likeness (QED) is 0.415. The van der Waals surface area contributed by atoms with Crippen LogP contribution in [0.2, 0.25) is 0 Å². The van der Waals surface area contributed by atoms with Crippen LogP contribution in [0.25, 0.3) is 0 Å². The van der Waals surface area contributed by atoms with Gasteiger partial charge in [-0.1, -0.05) is 33.3 Å². The van der Waals surface area contributed by atoms with Gasteiger partial charge in [-0.05, 0) is 61.2 Å². The van der Waals surface area contributed by atoms with Crippen molar-refractivity contribution in [2.45, 2.75) is 84.3 Å². The van der Waals surface area contributed by atoms with Gasteiger partial charge in [-0.25, -0.2) is 0 Å². The number of ether oxygens (including phenoxy) is 2. The molecule has 3 heteroatoms. The zero-order valence-electron chi connectivity index (χ0n) is 16.4. The van der Waals surface area contributed by atoms with Gasteiger partial charge < -0.3 is 9.47 Å². The van der Waals surface area contributed by atoms with Crippen molar-refractivity contribution < 1.29 is 14.3 Å². The van der Waals surface area contributed by atoms with Crippen LogP contribution in [0.4, 0.5) is 0 Å². The standard InChI is InChI=1S/C22H34O3/c1-6-19(3)11-8-16-21(5)10-7-9-20(4,14-24-15(2)23)17(21)12-18-22(16,13-19)25-18/h6,16-18H,1,7-14H2,2-5H3/t16-,17-,18-,19-,20-,21+,22+/m1/s1. The number of epoxide rings is 1. The topological polar surface area (TPSA) is 38.8 Å². The average Bonchev–Trinajstić information content (AvgIpc) is 3.23. The highest BCUT2D eigenvalue weighted by atomic mass is 16.6. The number of rotatable bonds is 3. The van der Waals surface area contributed by atoms with Crippen molar-refractivity contribution in [1.29, 1.82) is 0 Å². The fourth-order valence-electron chi connectivity index (χ4n) is 7.21. The van der Waals surface area contributed by atoms with Crippen LogP contribution in [-0.2, 0) is 14.3 Å². The maximum Gasteiger partial charge on any atom is 0.302 e. The third-order valence-electron chi connectivity index (χ3n) is 8.57. The minimum Gasteiger partial charge on any atom is -0.465 e. The summed E-state index contributed by atoms with van der Waals surface area (Å²) in [5.41, 5.74) is 0.731. The molecule has 4 rings (SSSR count). The first kappa shape index (κ1) is 17.6. The Labute approximate surface area is 152 Å². The number of hydrogen-bond acceptors (Lipinski definition) is 3. The highest BCUT2D eigenvalue weighted by Gasteiger charge is 2.74. The van der Waals surface area contributed by atoms with Gasteiger partial charge in [0.15, 0.2) is 0 Å². The second-order valence-corrected chi connectivity index (χ2v) is 10.3. The van der Waals surface area contributed by atoms with E-state index in [1.54, 1.807) is 0 Å². The van der Waals surface area contributed by atoms with E-state index in [0.717, 1.165) is 19.3 Å². The average molecular weight is 347 g/mol. The summed E-state index contributed by atoms with van der Waals surface area (Å²) in [4.78, 5) is 11.4. The maximum atomic E-state index is 11.4. The van der Waals surface area contributed by atoms with Crippen LogP contribution in [0, 0.1) is 28.1 Å². The lowest BCUT2D eigenvalue weighted by molar-refractivity contribution is -0.157. The second-order valence-electron chi connectivity index (χ2n) is 10.3. The van der Waals surface area contributed by atoms with Crippen molar-refractivity contribution in [3.63, 3.8) is 0 Å². The highest BCUT2D eigenvalue weighted by Crippen LogP contribution is 2.73. The molecule has 1 aliphatic heterocycles. The molecular formula is C22H34O3. The zero-order valence-corrected chi connectivity index (χ0v) is 16.4. The highest BCUT2D eigenvalue weighted by molar-refractivity contribution is 5.65. The minimum absolute atomic E-state index is 0.0932. The van der Waals surface area contributed by atoms with Gasteiger partial charge in [-0.3, -0.25) is 4.79 Å². The second kappa shape index (κ2) is 5.34. The molecule has 1 saturated heterocycles. The predicted octanol–water partition coefficient (Wildman–Crippen LogP) is 4.90. The lowest BCUT2D eigenvalue weighted by Gasteiger charge is -2.60. The van der Waals surface area contributed by atoms with E-state index in [9.17, 15) is 4.79 Å². The molecule has 0 radical (unpaired) electrons. The molecule has 0 N–H and O–H groups in total. The molecule has 3 aliphatic carbocycles. The van der Waals surface area contributed by atoms with Crippen molar-refractivity contribution >= 4 is 5.97 Å². The summed E-state index contributed by atoms with van der Waals surface area (Å²) in [5.74, 6) is 1.08. The van der Waals surface area contributed by atoms with Gasteiger partial charge in [0, 0.05) is 12.3 Å². The molecule has 7 atom stereocenters. The summed E-state index contributed by atoms with van der Waals surface area (Å²) in [6.07, 6.45) is 11.0. The van der Waals surface area contributed by atoms with E-state index in [2.05, 4.69) is 33.4 Å². The first-order valence-electron chi connectivity index (χ1n) is 10.1. The number of esters is 1. The Kier molecular flexibility index (Phi) is 3.76. The molecule has 3 nitrogen and oxygen atoms in total. The monoisotopic (exact) mass is 346 g/mol. The maximum absolute atomic E-state index is 11.4. The first-order valence-corrected chi connectivity index (χ1v) is 10.1. The zero-order chi connectivity index (χ0) is 18.1. The van der Waals surface area contributed by atoms with E-state index in [0.29, 0.717) is 30.0 Å². The van der Waals surface area contributed by atoms with Crippen molar-refractivity contribution in [3.8, 4) is 0 Å². The Morgan fingerprint density at radius 3 is 2.68 bits per heavy atom. The molecule has 1 heterocycles. The molecular weight excluding hydrogens is 312 g/mol. The van der Waals surface area contributed by atoms with Crippen molar-refractivity contribution in [2.75, 3.05) is 6.61 Å². The van der Waals surface area contributed by atoms with Crippen LogP contribution >= 0.6 is 0 Å². The smallest absolute Gasteiger partial charge is 0.302 e. The molecule has 140 valence electrons. The number of allylic oxidation sites excluding steroid dienone is 1. The molecule has 0 aromatic carbocycles. The van der Waals surface area contributed by atoms with E-state index in [1.807, 2.05) is 0 Å². The van der Waals surface area contributed by atoms with Crippen LogP contribution in [0.15, 0.2) is 12.7 Å². The molecule has 0 unspecified atom stereocenters. The van der Waals surface area contributed by atoms with Crippen molar-refractivity contribution in [3.05, 3.63) is 12.7 Å². The molecule has 0 amide bonds. The molecule has 4 fully saturated rings. The van der Waals surface area contributed by atoms with Gasteiger partial charge in [0.2, 0.25) is 0 Å². The SMILES string of the molecule is C=C[C@]1(C)CC[C@@H]2[C@]3(C)CCC[C@](C)(COC(C)=O)[C@H]3C[C@H]3O[C@@]23C1. The molecule has 4 aliphatic rings. The third-order valence-corrected chi connectivity index (χ3v) is 8.57. The summed E-state index contributed by atoms with van der Waals surface area (Å²) in [5, 5.41) is 0. The lowest BCUT2D eigenvalue weighted by Crippen LogP contribution is -2.59. The minimum atomic E-state index is -0.152. The Balaban J connectivity index is 1.63. The first-order chi connectivity index (χ1) is 11.7. The number of fused-ring (bicyclic) bond motifs is 2. The summed E-state index contributed by atoms with van der Waals surface area (Å²) >= 11 is 0. The molecule has 0 bridgehead atoms. The van der Waals surface area contributed by atoms with E-state index >= 15 is 0 Å². The normalized spacial score (nSPS) is 53.8. The summed E-state index contributed by atoms with van der Waals surface area (Å²) in [6.45, 7) is 13.4. The summed E-state index contributed by atoms with van der Waals surface area (Å²) < 4.78 is 12.0. The van der Waals surface area contributed by atoms with Crippen LogP contribution in [-0.4, -0.2) is 24.3 Å². The largest absolute Gasteiger partial charge is 0.465 e. The van der Waals surface area contributed by atoms with E-state index in [4.69, 9.17) is 9.47 Å². The van der Waals surface area contributed by atoms with Crippen LogP contribution < -0.4 is 0 Å². The third kappa shape index (κ3) is 2.44. The predicted molar refractivity (Wildman–Crippen MR) is 98.1 cm³/mol. The Morgan fingerprint density at radius 1 is 1.24 bits per heavy atom. The Morgan fingerprint density at radius 2 is 2.00 bits per heavy atom. The molecule has 3 saturated carbocycles. The van der Waals surface area contributed by atoms with Crippen molar-refractivity contribution in [2.24, 2.45) is 28.1 Å². The Hall–Kier alpha value is -0.830. The van der Waals surface area contributed by atoms with Gasteiger partial charge in [0.1, 0.15) is 0 Å². The van der Waals surface area contributed by atoms with Crippen LogP contribution in [0.3, 0.4) is 0 Å². The molecule has 1 spiro atoms. The molecule has 25 heavy (non-hydrogen) atoms. The fraction of sp³-hybridized carbons (Fsp3) is 0.864. The lowest BCUT2D eigenvalue weighted by atomic mass is 9.43. The van der Waals surface area contributed by atoms with E-state index in [-0.39, 0.29) is 22.4 Å². The van der Waals surface area contributed by atoms with Gasteiger partial charge in [0.05, 0.1) is 18.3 Å². The summed E-state index contributed by atoms with van der Waals surface area (Å²) in [7, 11) is 0. The number of carbonyl (C=O) groups is 1. The van der Waals surface area contributed by atoms with Crippen LogP contribution in [0.5, 0.6) is 0 Å². The molecule has 0 aromatic heterocycles. The number of hydrogen-bond donors (Lipinski definition) is 0. The van der Waals surface area contributed by atoms with Gasteiger partial charge in [0.25, 0.3) is 0 Å². The van der Waals surface area contributed by atoms with Crippen LogP contribution in [0.1, 0.15) is 72.6 Å². The van der Waals surface area contributed by atoms with Gasteiger partial charge in [-0.2, -0.15) is 0 Å². The molecule has 0 aromatic rings. The van der Waals surface area contributed by atoms with Gasteiger partial charge in [-0.15, -0.1) is 6.58 Å². The van der Waals surface area contributed by atoms with E-state index < -0.39 is 0 Å². The van der Waals surface area contributed by atoms with Gasteiger partial charge >= 0.3 is 5.97 Å². The number of carbonyl (C=O) groups excluding carboxylic acids is 1. The summed E-state index contributed by atoms with van der Waals surface area (Å²) in [6, 6.07) is 0. The van der Waals surface area contributed by atoms with E-state index in [1.165, 1.54) is 32.6 Å². The van der Waals surface area contributed by atoms with Crippen molar-refractivity contribution in [1.82, 2.24) is 0 Å². The fourth-order valence-corrected chi connectivity index (χ4v) is 7.21. The Bertz CT molecular complexity index is 600.